The molecule has 0 heterocycles. The van der Waals surface area contributed by atoms with Gasteiger partial charge in [-0.05, 0) is 37.6 Å². The zero-order valence-electron chi connectivity index (χ0n) is 14.8. The number of anilines is 2. The monoisotopic (exact) mass is 407 g/mol. The Morgan fingerprint density at radius 1 is 1.11 bits per heavy atom. The highest BCUT2D eigenvalue weighted by molar-refractivity contribution is 6.39. The van der Waals surface area contributed by atoms with Crippen molar-refractivity contribution in [1.29, 1.82) is 0 Å². The summed E-state index contributed by atoms with van der Waals surface area (Å²) in [6.07, 6.45) is 1.31. The number of ether oxygens (including phenoxy) is 1. The van der Waals surface area contributed by atoms with Crippen LogP contribution in [0.2, 0.25) is 10.0 Å². The van der Waals surface area contributed by atoms with E-state index in [1.54, 1.807) is 56.3 Å². The molecule has 0 amide bonds. The van der Waals surface area contributed by atoms with Crippen LogP contribution in [-0.2, 0) is 14.3 Å². The maximum Gasteiger partial charge on any atom is 0.330 e. The average molecular weight is 408 g/mol. The minimum Gasteiger partial charge on any atom is -0.481 e. The number of carboxylic acid groups (broad SMARTS) is 1. The molecule has 5 nitrogen and oxygen atoms in total. The van der Waals surface area contributed by atoms with Gasteiger partial charge in [-0.3, -0.25) is 4.79 Å². The second-order valence-corrected chi connectivity index (χ2v) is 6.87. The van der Waals surface area contributed by atoms with Gasteiger partial charge in [-0.25, -0.2) is 4.79 Å². The number of nitrogens with one attached hydrogen (secondary N) is 1. The van der Waals surface area contributed by atoms with E-state index in [1.165, 1.54) is 6.08 Å². The molecule has 142 valence electrons. The number of hydrogen-bond donors (Lipinski definition) is 2. The summed E-state index contributed by atoms with van der Waals surface area (Å²) < 4.78 is 5.11. The Morgan fingerprint density at radius 2 is 1.74 bits per heavy atom. The molecule has 1 unspecified atom stereocenters. The van der Waals surface area contributed by atoms with E-state index in [0.29, 0.717) is 27.0 Å². The van der Waals surface area contributed by atoms with Crippen LogP contribution >= 0.6 is 23.2 Å². The minimum absolute atomic E-state index is 0.299. The fourth-order valence-electron chi connectivity index (χ4n) is 2.40. The van der Waals surface area contributed by atoms with E-state index >= 15 is 0 Å². The molecule has 1 atom stereocenters. The summed E-state index contributed by atoms with van der Waals surface area (Å²) >= 11 is 12.4. The summed E-state index contributed by atoms with van der Waals surface area (Å²) in [5, 5.41) is 13.5. The van der Waals surface area contributed by atoms with Gasteiger partial charge in [0.1, 0.15) is 12.5 Å². The number of allylic oxidation sites excluding steroid dienone is 1. The van der Waals surface area contributed by atoms with Crippen molar-refractivity contribution in [2.75, 3.05) is 11.9 Å². The summed E-state index contributed by atoms with van der Waals surface area (Å²) in [5.41, 5.74) is 2.20. The lowest BCUT2D eigenvalue weighted by atomic mass is 9.98. The molecule has 0 saturated heterocycles. The Morgan fingerprint density at radius 3 is 2.33 bits per heavy atom. The zero-order valence-corrected chi connectivity index (χ0v) is 16.3. The fraction of sp³-hybridized carbons (Fsp3) is 0.200. The van der Waals surface area contributed by atoms with Crippen LogP contribution in [0.15, 0.2) is 54.1 Å². The maximum absolute atomic E-state index is 11.8. The third-order valence-electron chi connectivity index (χ3n) is 3.66. The first-order chi connectivity index (χ1) is 12.8. The van der Waals surface area contributed by atoms with Crippen LogP contribution in [0.3, 0.4) is 0 Å². The second-order valence-electron chi connectivity index (χ2n) is 6.05. The van der Waals surface area contributed by atoms with Gasteiger partial charge in [0.15, 0.2) is 0 Å². The minimum atomic E-state index is -1.11. The molecular formula is C20H19Cl2NO4. The van der Waals surface area contributed by atoms with Gasteiger partial charge < -0.3 is 15.2 Å². The molecule has 0 radical (unpaired) electrons. The first-order valence-electron chi connectivity index (χ1n) is 8.14. The highest BCUT2D eigenvalue weighted by Gasteiger charge is 2.25. The summed E-state index contributed by atoms with van der Waals surface area (Å²) in [4.78, 5) is 23.5. The van der Waals surface area contributed by atoms with E-state index < -0.39 is 17.9 Å². The number of para-hydroxylation sites is 2. The molecule has 0 fully saturated rings. The van der Waals surface area contributed by atoms with Crippen molar-refractivity contribution in [3.8, 4) is 0 Å². The van der Waals surface area contributed by atoms with Gasteiger partial charge in [-0.1, -0.05) is 53.0 Å². The molecule has 7 heteroatoms. The fourth-order valence-corrected chi connectivity index (χ4v) is 2.90. The number of rotatable bonds is 7. The number of carbonyl (C=O) groups is 2. The van der Waals surface area contributed by atoms with Crippen molar-refractivity contribution >= 4 is 46.5 Å². The molecular weight excluding hydrogens is 389 g/mol. The predicted molar refractivity (Wildman–Crippen MR) is 107 cm³/mol. The van der Waals surface area contributed by atoms with Crippen molar-refractivity contribution in [3.63, 3.8) is 0 Å². The van der Waals surface area contributed by atoms with Crippen LogP contribution in [0.4, 0.5) is 11.4 Å². The lowest BCUT2D eigenvalue weighted by Gasteiger charge is -2.19. The summed E-state index contributed by atoms with van der Waals surface area (Å²) in [5.74, 6) is -2.75. The first-order valence-corrected chi connectivity index (χ1v) is 8.89. The number of halogens is 2. The van der Waals surface area contributed by atoms with Crippen LogP contribution in [0.25, 0.3) is 0 Å². The zero-order chi connectivity index (χ0) is 20.0. The van der Waals surface area contributed by atoms with Crippen molar-refractivity contribution in [2.45, 2.75) is 19.8 Å². The first kappa shape index (κ1) is 20.8. The molecule has 0 bridgehead atoms. The number of aliphatic carboxylic acids is 1. The van der Waals surface area contributed by atoms with Gasteiger partial charge in [0.25, 0.3) is 0 Å². The van der Waals surface area contributed by atoms with Crippen LogP contribution in [0.1, 0.15) is 25.3 Å². The largest absolute Gasteiger partial charge is 0.481 e. The van der Waals surface area contributed by atoms with Gasteiger partial charge in [-0.15, -0.1) is 0 Å². The molecule has 2 N–H and O–H groups in total. The molecule has 0 saturated carbocycles. The third kappa shape index (κ3) is 5.74. The van der Waals surface area contributed by atoms with Gasteiger partial charge >= 0.3 is 11.9 Å². The summed E-state index contributed by atoms with van der Waals surface area (Å²) in [7, 11) is 0. The van der Waals surface area contributed by atoms with Crippen molar-refractivity contribution in [3.05, 3.63) is 69.7 Å². The number of carboxylic acids is 1. The van der Waals surface area contributed by atoms with Crippen LogP contribution in [-0.4, -0.2) is 23.7 Å². The van der Waals surface area contributed by atoms with E-state index in [-0.39, 0.29) is 6.61 Å². The molecule has 0 spiro atoms. The van der Waals surface area contributed by atoms with Crippen LogP contribution in [0, 0.1) is 0 Å². The van der Waals surface area contributed by atoms with Crippen LogP contribution in [0.5, 0.6) is 0 Å². The Labute approximate surface area is 167 Å². The summed E-state index contributed by atoms with van der Waals surface area (Å²) in [6.45, 7) is 3.21. The van der Waals surface area contributed by atoms with E-state index in [2.05, 4.69) is 5.32 Å². The van der Waals surface area contributed by atoms with Crippen LogP contribution < -0.4 is 5.32 Å². The van der Waals surface area contributed by atoms with E-state index in [9.17, 15) is 14.7 Å². The summed E-state index contributed by atoms with van der Waals surface area (Å²) in [6, 6.07) is 11.9. The third-order valence-corrected chi connectivity index (χ3v) is 4.29. The quantitative estimate of drug-likeness (QED) is 0.473. The van der Waals surface area contributed by atoms with Gasteiger partial charge in [0.2, 0.25) is 0 Å². The van der Waals surface area contributed by atoms with E-state index in [4.69, 9.17) is 27.9 Å². The number of hydrogen-bond acceptors (Lipinski definition) is 4. The Balaban J connectivity index is 2.31. The lowest BCUT2D eigenvalue weighted by molar-refractivity contribution is -0.144. The molecule has 0 aliphatic carbocycles. The molecule has 2 aromatic carbocycles. The Hall–Kier alpha value is -2.50. The predicted octanol–water partition coefficient (Wildman–Crippen LogP) is 5.41. The van der Waals surface area contributed by atoms with Crippen molar-refractivity contribution < 1.29 is 19.4 Å². The Bertz CT molecular complexity index is 856. The normalized spacial score (nSPS) is 11.4. The standard InChI is InChI=1S/C20H19Cl2NO4/c1-12(2)10-18(24)27-11-14(20(25)26)13-6-3-4-9-17(13)23-19-15(21)7-5-8-16(19)22/h3-10,14,23H,11H2,1-2H3,(H,25,26). The van der Waals surface area contributed by atoms with E-state index in [0.717, 1.165) is 5.57 Å². The maximum atomic E-state index is 11.8. The molecule has 0 aliphatic heterocycles. The van der Waals surface area contributed by atoms with Gasteiger partial charge in [0.05, 0.1) is 15.7 Å². The van der Waals surface area contributed by atoms with E-state index in [1.807, 2.05) is 0 Å². The van der Waals surface area contributed by atoms with Crippen molar-refractivity contribution in [2.24, 2.45) is 0 Å². The molecule has 2 rings (SSSR count). The van der Waals surface area contributed by atoms with Gasteiger partial charge in [-0.2, -0.15) is 0 Å². The number of esters is 1. The number of benzene rings is 2. The molecule has 27 heavy (non-hydrogen) atoms. The second kappa shape index (κ2) is 9.44. The topological polar surface area (TPSA) is 75.6 Å². The van der Waals surface area contributed by atoms with Gasteiger partial charge in [0, 0.05) is 11.8 Å². The smallest absolute Gasteiger partial charge is 0.330 e. The molecule has 2 aromatic rings. The number of carbonyl (C=O) groups excluding carboxylic acids is 1. The molecule has 0 aliphatic rings. The SMILES string of the molecule is CC(C)=CC(=O)OCC(C(=O)O)c1ccccc1Nc1c(Cl)cccc1Cl. The highest BCUT2D eigenvalue weighted by Crippen LogP contribution is 2.35. The molecule has 0 aromatic heterocycles. The van der Waals surface area contributed by atoms with Crippen molar-refractivity contribution in [1.82, 2.24) is 0 Å². The average Bonchev–Trinajstić information content (AvgIpc) is 2.58. The Kier molecular flexibility index (Phi) is 7.28. The lowest BCUT2D eigenvalue weighted by Crippen LogP contribution is -2.20. The highest BCUT2D eigenvalue weighted by atomic mass is 35.5.